The van der Waals surface area contributed by atoms with Gasteiger partial charge in [0.25, 0.3) is 0 Å². The molecule has 3 heterocycles. The van der Waals surface area contributed by atoms with E-state index in [0.717, 1.165) is 22.3 Å². The van der Waals surface area contributed by atoms with Crippen LogP contribution in [0.2, 0.25) is 0 Å². The number of para-hydroxylation sites is 2. The van der Waals surface area contributed by atoms with Crippen LogP contribution in [0.3, 0.4) is 0 Å². The minimum atomic E-state index is -3.73. The first-order valence-corrected chi connectivity index (χ1v) is 11.5. The van der Waals surface area contributed by atoms with Crippen LogP contribution >= 0.6 is 0 Å². The average Bonchev–Trinajstić information content (AvgIpc) is 3.29. The SMILES string of the molecule is Cc1ccc(S(=O)(=O)N2Cc3nc4ccccc4nc3CC2/C=C/c2ccco2)cc1. The van der Waals surface area contributed by atoms with Gasteiger partial charge >= 0.3 is 0 Å². The summed E-state index contributed by atoms with van der Waals surface area (Å²) in [6.45, 7) is 2.10. The Morgan fingerprint density at radius 2 is 1.68 bits per heavy atom. The molecule has 2 aromatic heterocycles. The van der Waals surface area contributed by atoms with Crippen LogP contribution in [-0.4, -0.2) is 28.7 Å². The van der Waals surface area contributed by atoms with Crippen molar-refractivity contribution in [2.24, 2.45) is 0 Å². The van der Waals surface area contributed by atoms with Crippen LogP contribution < -0.4 is 0 Å². The third kappa shape index (κ3) is 3.78. The predicted molar refractivity (Wildman–Crippen MR) is 119 cm³/mol. The summed E-state index contributed by atoms with van der Waals surface area (Å²) in [5.74, 6) is 0.670. The van der Waals surface area contributed by atoms with Crippen molar-refractivity contribution in [3.63, 3.8) is 0 Å². The molecule has 7 heteroatoms. The van der Waals surface area contributed by atoms with Crippen molar-refractivity contribution in [3.05, 3.63) is 95.7 Å². The molecule has 0 radical (unpaired) electrons. The summed E-state index contributed by atoms with van der Waals surface area (Å²) in [6, 6.07) is 17.8. The molecule has 5 rings (SSSR count). The van der Waals surface area contributed by atoms with Crippen LogP contribution in [0, 0.1) is 6.92 Å². The van der Waals surface area contributed by atoms with E-state index in [0.29, 0.717) is 17.9 Å². The number of benzene rings is 2. The van der Waals surface area contributed by atoms with Gasteiger partial charge in [-0.15, -0.1) is 0 Å². The summed E-state index contributed by atoms with van der Waals surface area (Å²) >= 11 is 0. The van der Waals surface area contributed by atoms with Gasteiger partial charge in [-0.05, 0) is 49.4 Å². The summed E-state index contributed by atoms with van der Waals surface area (Å²) in [5.41, 5.74) is 4.10. The predicted octanol–water partition coefficient (Wildman–Crippen LogP) is 4.36. The Labute approximate surface area is 180 Å². The quantitative estimate of drug-likeness (QED) is 0.480. The number of hydrogen-bond donors (Lipinski definition) is 0. The van der Waals surface area contributed by atoms with Crippen molar-refractivity contribution in [1.82, 2.24) is 14.3 Å². The highest BCUT2D eigenvalue weighted by atomic mass is 32.2. The van der Waals surface area contributed by atoms with Crippen LogP contribution in [0.1, 0.15) is 22.7 Å². The molecule has 2 aromatic carbocycles. The number of nitrogens with zero attached hydrogens (tertiary/aromatic N) is 3. The normalized spacial score (nSPS) is 17.3. The summed E-state index contributed by atoms with van der Waals surface area (Å²) in [4.78, 5) is 9.76. The van der Waals surface area contributed by atoms with Crippen molar-refractivity contribution in [2.45, 2.75) is 30.8 Å². The first-order valence-electron chi connectivity index (χ1n) is 10.1. The minimum absolute atomic E-state index is 0.163. The first kappa shape index (κ1) is 19.7. The Morgan fingerprint density at radius 1 is 0.968 bits per heavy atom. The van der Waals surface area contributed by atoms with Gasteiger partial charge in [0.1, 0.15) is 5.76 Å². The van der Waals surface area contributed by atoms with E-state index in [2.05, 4.69) is 0 Å². The summed E-state index contributed by atoms with van der Waals surface area (Å²) in [7, 11) is -3.73. The fourth-order valence-electron chi connectivity index (χ4n) is 3.79. The third-order valence-corrected chi connectivity index (χ3v) is 7.34. The minimum Gasteiger partial charge on any atom is -0.465 e. The zero-order valence-corrected chi connectivity index (χ0v) is 17.8. The van der Waals surface area contributed by atoms with Gasteiger partial charge in [0.2, 0.25) is 10.0 Å². The van der Waals surface area contributed by atoms with Gasteiger partial charge in [0.05, 0.1) is 40.1 Å². The monoisotopic (exact) mass is 431 g/mol. The maximum atomic E-state index is 13.6. The second-order valence-corrected chi connectivity index (χ2v) is 9.51. The smallest absolute Gasteiger partial charge is 0.243 e. The molecule has 1 atom stereocenters. The molecule has 0 amide bonds. The molecule has 0 bridgehead atoms. The van der Waals surface area contributed by atoms with Crippen LogP contribution in [0.15, 0.2) is 82.3 Å². The van der Waals surface area contributed by atoms with E-state index in [1.165, 1.54) is 4.31 Å². The van der Waals surface area contributed by atoms with Gasteiger partial charge in [0, 0.05) is 12.5 Å². The second-order valence-electron chi connectivity index (χ2n) is 7.62. The lowest BCUT2D eigenvalue weighted by Crippen LogP contribution is -2.43. The van der Waals surface area contributed by atoms with E-state index >= 15 is 0 Å². The molecule has 1 aliphatic heterocycles. The van der Waals surface area contributed by atoms with E-state index in [-0.39, 0.29) is 11.4 Å². The Morgan fingerprint density at radius 3 is 2.35 bits per heavy atom. The lowest BCUT2D eigenvalue weighted by Gasteiger charge is -2.33. The molecular formula is C24H21N3O3S. The number of sulfonamides is 1. The highest BCUT2D eigenvalue weighted by Gasteiger charge is 2.36. The van der Waals surface area contributed by atoms with Gasteiger partial charge in [-0.3, -0.25) is 0 Å². The fraction of sp³-hybridized carbons (Fsp3) is 0.167. The Hall–Kier alpha value is -3.29. The molecule has 0 aliphatic carbocycles. The Bertz CT molecular complexity index is 1360. The van der Waals surface area contributed by atoms with E-state index in [1.54, 1.807) is 24.5 Å². The molecular weight excluding hydrogens is 410 g/mol. The molecule has 0 fully saturated rings. The molecule has 0 saturated heterocycles. The number of rotatable bonds is 4. The van der Waals surface area contributed by atoms with Crippen molar-refractivity contribution >= 4 is 27.1 Å². The van der Waals surface area contributed by atoms with Crippen molar-refractivity contribution in [1.29, 1.82) is 0 Å². The molecule has 0 spiro atoms. The summed E-state index contributed by atoms with van der Waals surface area (Å²) in [6.07, 6.45) is 5.70. The van der Waals surface area contributed by atoms with E-state index in [1.807, 2.05) is 61.5 Å². The zero-order valence-electron chi connectivity index (χ0n) is 17.0. The molecule has 6 nitrogen and oxygen atoms in total. The average molecular weight is 432 g/mol. The molecule has 1 unspecified atom stereocenters. The lowest BCUT2D eigenvalue weighted by molar-refractivity contribution is 0.327. The van der Waals surface area contributed by atoms with Gasteiger partial charge in [-0.25, -0.2) is 18.4 Å². The van der Waals surface area contributed by atoms with Crippen LogP contribution in [0.4, 0.5) is 0 Å². The number of aromatic nitrogens is 2. The third-order valence-electron chi connectivity index (χ3n) is 5.46. The van der Waals surface area contributed by atoms with Crippen molar-refractivity contribution in [2.75, 3.05) is 0 Å². The number of hydrogen-bond acceptors (Lipinski definition) is 5. The number of aryl methyl sites for hydroxylation is 1. The van der Waals surface area contributed by atoms with Gasteiger partial charge < -0.3 is 4.42 Å². The zero-order chi connectivity index (χ0) is 21.4. The first-order chi connectivity index (χ1) is 15.0. The molecule has 31 heavy (non-hydrogen) atoms. The van der Waals surface area contributed by atoms with Crippen molar-refractivity contribution in [3.8, 4) is 0 Å². The maximum absolute atomic E-state index is 13.6. The van der Waals surface area contributed by atoms with Gasteiger partial charge in [0.15, 0.2) is 0 Å². The molecule has 0 saturated carbocycles. The van der Waals surface area contributed by atoms with Gasteiger partial charge in [-0.2, -0.15) is 4.31 Å². The second kappa shape index (κ2) is 7.76. The highest BCUT2D eigenvalue weighted by molar-refractivity contribution is 7.89. The summed E-state index contributed by atoms with van der Waals surface area (Å²) < 4.78 is 34.0. The fourth-order valence-corrected chi connectivity index (χ4v) is 5.34. The van der Waals surface area contributed by atoms with Crippen LogP contribution in [-0.2, 0) is 23.0 Å². The maximum Gasteiger partial charge on any atom is 0.243 e. The van der Waals surface area contributed by atoms with E-state index in [4.69, 9.17) is 14.4 Å². The summed E-state index contributed by atoms with van der Waals surface area (Å²) in [5, 5.41) is 0. The van der Waals surface area contributed by atoms with E-state index in [9.17, 15) is 8.42 Å². The van der Waals surface area contributed by atoms with Gasteiger partial charge in [-0.1, -0.05) is 35.9 Å². The molecule has 156 valence electrons. The van der Waals surface area contributed by atoms with E-state index < -0.39 is 16.1 Å². The molecule has 1 aliphatic rings. The lowest BCUT2D eigenvalue weighted by atomic mass is 10.0. The topological polar surface area (TPSA) is 76.3 Å². The largest absolute Gasteiger partial charge is 0.465 e. The molecule has 4 aromatic rings. The Balaban J connectivity index is 1.59. The standard InChI is InChI=1S/C24H21N3O3S/c1-17-8-12-20(13-9-17)31(28,29)27-16-24-23(25-21-6-2-3-7-22(21)26-24)15-18(27)10-11-19-5-4-14-30-19/h2-14,18H,15-16H2,1H3/b11-10+. The van der Waals surface area contributed by atoms with Crippen molar-refractivity contribution < 1.29 is 12.8 Å². The number of furan rings is 1. The number of fused-ring (bicyclic) bond motifs is 2. The van der Waals surface area contributed by atoms with Crippen LogP contribution in [0.25, 0.3) is 17.1 Å². The Kier molecular flexibility index (Phi) is 4.92. The van der Waals surface area contributed by atoms with Crippen LogP contribution in [0.5, 0.6) is 0 Å². The molecule has 0 N–H and O–H groups in total. The highest BCUT2D eigenvalue weighted by Crippen LogP contribution is 2.30.